The zero-order valence-electron chi connectivity index (χ0n) is 14.9. The van der Waals surface area contributed by atoms with Crippen molar-refractivity contribution in [2.75, 3.05) is 0 Å². The number of phosphoric ester groups is 1. The van der Waals surface area contributed by atoms with E-state index in [-0.39, 0.29) is 0 Å². The topological polar surface area (TPSA) is 44.8 Å². The van der Waals surface area contributed by atoms with Crippen molar-refractivity contribution in [3.8, 4) is 11.5 Å². The molecule has 0 atom stereocenters. The van der Waals surface area contributed by atoms with Crippen LogP contribution in [-0.4, -0.2) is 0 Å². The zero-order chi connectivity index (χ0) is 18.2. The first-order valence-electron chi connectivity index (χ1n) is 9.10. The summed E-state index contributed by atoms with van der Waals surface area (Å²) in [5, 5.41) is 0. The molecule has 0 aliphatic heterocycles. The number of hydrogen-bond donors (Lipinski definition) is 0. The second-order valence-electron chi connectivity index (χ2n) is 6.59. The quantitative estimate of drug-likeness (QED) is 0.380. The number of para-hydroxylation sites is 2. The van der Waals surface area contributed by atoms with Crippen LogP contribution in [0.5, 0.6) is 11.5 Å². The predicted octanol–water partition coefficient (Wildman–Crippen LogP) is 6.75. The Morgan fingerprint density at radius 1 is 0.885 bits per heavy atom. The van der Waals surface area contributed by atoms with Gasteiger partial charge in [-0.15, -0.1) is 0 Å². The van der Waals surface area contributed by atoms with E-state index in [1.54, 1.807) is 48.5 Å². The summed E-state index contributed by atoms with van der Waals surface area (Å²) < 4.78 is 30.2. The summed E-state index contributed by atoms with van der Waals surface area (Å²) in [5.41, 5.74) is 0. The average Bonchev–Trinajstić information content (AvgIpc) is 2.63. The van der Waals surface area contributed by atoms with E-state index >= 15 is 0 Å². The van der Waals surface area contributed by atoms with Gasteiger partial charge in [0.2, 0.25) is 0 Å². The standard InChI is InChI=1S/C21H25O4P/c1-18(17-19-11-5-2-6-12-19)23-26(22,24-20-13-7-3-8-14-20)25-21-15-9-4-10-16-21/h3-4,7-10,13-16,19H,1-2,5-6,11-12,17H2. The van der Waals surface area contributed by atoms with Crippen LogP contribution >= 0.6 is 7.82 Å². The van der Waals surface area contributed by atoms with E-state index in [4.69, 9.17) is 13.6 Å². The SMILES string of the molecule is C=C(CC1CCCCC1)OP(=O)(Oc1ccccc1)Oc1ccccc1. The van der Waals surface area contributed by atoms with E-state index in [9.17, 15) is 4.57 Å². The van der Waals surface area contributed by atoms with E-state index in [0.717, 1.165) is 12.8 Å². The summed E-state index contributed by atoms with van der Waals surface area (Å²) in [6.45, 7) is 3.96. The summed E-state index contributed by atoms with van der Waals surface area (Å²) in [5.74, 6) is 1.83. The van der Waals surface area contributed by atoms with E-state index < -0.39 is 7.82 Å². The molecule has 138 valence electrons. The number of phosphoric acid groups is 1. The van der Waals surface area contributed by atoms with Crippen LogP contribution in [0.15, 0.2) is 73.0 Å². The van der Waals surface area contributed by atoms with Gasteiger partial charge in [0.1, 0.15) is 17.3 Å². The summed E-state index contributed by atoms with van der Waals surface area (Å²) in [4.78, 5) is 0. The molecule has 0 amide bonds. The van der Waals surface area contributed by atoms with Crippen LogP contribution in [0.4, 0.5) is 0 Å². The van der Waals surface area contributed by atoms with Crippen molar-refractivity contribution in [1.29, 1.82) is 0 Å². The minimum absolute atomic E-state index is 0.428. The van der Waals surface area contributed by atoms with Gasteiger partial charge in [-0.05, 0) is 30.2 Å². The Morgan fingerprint density at radius 2 is 1.38 bits per heavy atom. The molecule has 1 saturated carbocycles. The van der Waals surface area contributed by atoms with Gasteiger partial charge in [-0.3, -0.25) is 0 Å². The van der Waals surface area contributed by atoms with Gasteiger partial charge in [0, 0.05) is 6.42 Å². The highest BCUT2D eigenvalue weighted by Gasteiger charge is 2.34. The lowest BCUT2D eigenvalue weighted by Crippen LogP contribution is -2.10. The van der Waals surface area contributed by atoms with Crippen molar-refractivity contribution in [3.05, 3.63) is 73.0 Å². The van der Waals surface area contributed by atoms with E-state index in [1.807, 2.05) is 12.1 Å². The van der Waals surface area contributed by atoms with Crippen LogP contribution in [-0.2, 0) is 9.09 Å². The fourth-order valence-electron chi connectivity index (χ4n) is 3.19. The first kappa shape index (κ1) is 18.6. The average molecular weight is 372 g/mol. The molecule has 0 heterocycles. The molecule has 0 aromatic heterocycles. The molecule has 0 saturated heterocycles. The Kier molecular flexibility index (Phi) is 6.40. The minimum atomic E-state index is -3.89. The molecule has 1 aliphatic carbocycles. The predicted molar refractivity (Wildman–Crippen MR) is 103 cm³/mol. The minimum Gasteiger partial charge on any atom is -0.391 e. The highest BCUT2D eigenvalue weighted by molar-refractivity contribution is 7.49. The van der Waals surface area contributed by atoms with Gasteiger partial charge in [-0.2, -0.15) is 4.57 Å². The monoisotopic (exact) mass is 372 g/mol. The van der Waals surface area contributed by atoms with Crippen LogP contribution in [0.1, 0.15) is 38.5 Å². The molecule has 0 unspecified atom stereocenters. The van der Waals surface area contributed by atoms with Crippen molar-refractivity contribution in [2.45, 2.75) is 38.5 Å². The van der Waals surface area contributed by atoms with Crippen LogP contribution in [0.3, 0.4) is 0 Å². The van der Waals surface area contributed by atoms with Gasteiger partial charge in [0.25, 0.3) is 0 Å². The van der Waals surface area contributed by atoms with Crippen molar-refractivity contribution in [1.82, 2.24) is 0 Å². The second-order valence-corrected chi connectivity index (χ2v) is 8.04. The van der Waals surface area contributed by atoms with Gasteiger partial charge >= 0.3 is 7.82 Å². The fourth-order valence-corrected chi connectivity index (χ4v) is 4.45. The molecule has 1 fully saturated rings. The number of rotatable bonds is 8. The summed E-state index contributed by atoms with van der Waals surface area (Å²) in [6.07, 6.45) is 6.75. The summed E-state index contributed by atoms with van der Waals surface area (Å²) >= 11 is 0. The molecular weight excluding hydrogens is 347 g/mol. The molecule has 1 aliphatic rings. The molecule has 4 nitrogen and oxygen atoms in total. The molecule has 0 N–H and O–H groups in total. The van der Waals surface area contributed by atoms with Crippen molar-refractivity contribution in [3.63, 3.8) is 0 Å². The van der Waals surface area contributed by atoms with E-state index in [2.05, 4.69) is 6.58 Å². The summed E-state index contributed by atoms with van der Waals surface area (Å²) in [6, 6.07) is 17.8. The highest BCUT2D eigenvalue weighted by Crippen LogP contribution is 2.52. The van der Waals surface area contributed by atoms with Crippen LogP contribution in [0, 0.1) is 5.92 Å². The Morgan fingerprint density at radius 3 is 1.88 bits per heavy atom. The number of benzene rings is 2. The third-order valence-corrected chi connectivity index (χ3v) is 5.75. The molecule has 5 heteroatoms. The molecule has 3 rings (SSSR count). The highest BCUT2D eigenvalue weighted by atomic mass is 31.2. The van der Waals surface area contributed by atoms with Crippen molar-refractivity contribution >= 4 is 7.82 Å². The van der Waals surface area contributed by atoms with Crippen molar-refractivity contribution < 1.29 is 18.1 Å². The van der Waals surface area contributed by atoms with Gasteiger partial charge < -0.3 is 13.6 Å². The lowest BCUT2D eigenvalue weighted by molar-refractivity contribution is 0.235. The molecule has 2 aromatic rings. The van der Waals surface area contributed by atoms with Gasteiger partial charge in [0.15, 0.2) is 0 Å². The van der Waals surface area contributed by atoms with Crippen LogP contribution in [0.25, 0.3) is 0 Å². The molecule has 0 bridgehead atoms. The lowest BCUT2D eigenvalue weighted by atomic mass is 9.87. The fraction of sp³-hybridized carbons (Fsp3) is 0.333. The van der Waals surface area contributed by atoms with Crippen molar-refractivity contribution in [2.24, 2.45) is 5.92 Å². The van der Waals surface area contributed by atoms with Crippen LogP contribution in [0.2, 0.25) is 0 Å². The molecule has 0 radical (unpaired) electrons. The number of allylic oxidation sites excluding steroid dienone is 1. The van der Waals surface area contributed by atoms with Crippen LogP contribution < -0.4 is 9.05 Å². The molecule has 26 heavy (non-hydrogen) atoms. The molecular formula is C21H25O4P. The zero-order valence-corrected chi connectivity index (χ0v) is 15.8. The third-order valence-electron chi connectivity index (χ3n) is 4.40. The maximum atomic E-state index is 13.3. The Hall–Kier alpha value is -2.19. The van der Waals surface area contributed by atoms with E-state index in [1.165, 1.54) is 19.3 Å². The second kappa shape index (κ2) is 8.95. The maximum Gasteiger partial charge on any atom is 0.646 e. The smallest absolute Gasteiger partial charge is 0.391 e. The van der Waals surface area contributed by atoms with Gasteiger partial charge in [-0.1, -0.05) is 75.1 Å². The Balaban J connectivity index is 1.71. The third kappa shape index (κ3) is 5.67. The Bertz CT molecular complexity index is 694. The molecule has 0 spiro atoms. The molecule has 2 aromatic carbocycles. The maximum absolute atomic E-state index is 13.3. The summed E-state index contributed by atoms with van der Waals surface area (Å²) in [7, 11) is -3.89. The Labute approximate surface area is 155 Å². The van der Waals surface area contributed by atoms with E-state index in [0.29, 0.717) is 29.6 Å². The normalized spacial score (nSPS) is 15.2. The lowest BCUT2D eigenvalue weighted by Gasteiger charge is -2.24. The van der Waals surface area contributed by atoms with Gasteiger partial charge in [0.05, 0.1) is 0 Å². The largest absolute Gasteiger partial charge is 0.646 e. The van der Waals surface area contributed by atoms with Gasteiger partial charge in [-0.25, -0.2) is 0 Å². The first-order valence-corrected chi connectivity index (χ1v) is 10.6. The first-order chi connectivity index (χ1) is 12.6. The number of hydrogen-bond acceptors (Lipinski definition) is 4.